The summed E-state index contributed by atoms with van der Waals surface area (Å²) in [7, 11) is 0. The molecule has 124 valence electrons. The number of benzene rings is 1. The highest BCUT2D eigenvalue weighted by molar-refractivity contribution is 8.00. The second-order valence-corrected chi connectivity index (χ2v) is 8.59. The van der Waals surface area contributed by atoms with Crippen molar-refractivity contribution in [3.8, 4) is 0 Å². The van der Waals surface area contributed by atoms with E-state index in [0.717, 1.165) is 19.3 Å². The molecule has 0 N–H and O–H groups in total. The van der Waals surface area contributed by atoms with Gasteiger partial charge in [0.2, 0.25) is 0 Å². The Kier molecular flexibility index (Phi) is 6.29. The average Bonchev–Trinajstić information content (AvgIpc) is 2.55. The first-order valence-corrected chi connectivity index (χ1v) is 9.36. The van der Waals surface area contributed by atoms with Crippen molar-refractivity contribution >= 4 is 17.5 Å². The van der Waals surface area contributed by atoms with Crippen molar-refractivity contribution in [1.82, 2.24) is 0 Å². The molecule has 0 saturated heterocycles. The number of carbonyl (C=O) groups is 1. The van der Waals surface area contributed by atoms with Crippen LogP contribution in [0.5, 0.6) is 0 Å². The topological polar surface area (TPSA) is 17.1 Å². The van der Waals surface area contributed by atoms with E-state index in [1.54, 1.807) is 0 Å². The molecule has 0 saturated carbocycles. The maximum absolute atomic E-state index is 12.6. The van der Waals surface area contributed by atoms with Crippen LogP contribution in [-0.2, 0) is 4.79 Å². The van der Waals surface area contributed by atoms with Gasteiger partial charge in [-0.05, 0) is 49.8 Å². The predicted octanol–water partition coefficient (Wildman–Crippen LogP) is 6.07. The van der Waals surface area contributed by atoms with Gasteiger partial charge in [0.05, 0.1) is 0 Å². The molecule has 1 aromatic rings. The zero-order chi connectivity index (χ0) is 16.9. The third-order valence-corrected chi connectivity index (χ3v) is 6.03. The predicted molar refractivity (Wildman–Crippen MR) is 101 cm³/mol. The van der Waals surface area contributed by atoms with Gasteiger partial charge in [0.1, 0.15) is 0 Å². The van der Waals surface area contributed by atoms with Gasteiger partial charge < -0.3 is 0 Å². The van der Waals surface area contributed by atoms with E-state index in [4.69, 9.17) is 0 Å². The van der Waals surface area contributed by atoms with Crippen molar-refractivity contribution < 1.29 is 4.79 Å². The van der Waals surface area contributed by atoms with Crippen LogP contribution in [0.25, 0.3) is 0 Å². The summed E-state index contributed by atoms with van der Waals surface area (Å²) in [5, 5.41) is 0.319. The molecule has 0 fully saturated rings. The summed E-state index contributed by atoms with van der Waals surface area (Å²) in [6.45, 7) is 8.68. The Morgan fingerprint density at radius 1 is 1.17 bits per heavy atom. The Bertz CT molecular complexity index is 583. The van der Waals surface area contributed by atoms with Crippen LogP contribution >= 0.6 is 11.8 Å². The Hall–Kier alpha value is -1.28. The summed E-state index contributed by atoms with van der Waals surface area (Å²) in [6, 6.07) is 10.4. The van der Waals surface area contributed by atoms with Gasteiger partial charge in [-0.3, -0.25) is 4.79 Å². The number of carbonyl (C=O) groups excluding carboxylic acids is 1. The van der Waals surface area contributed by atoms with Gasteiger partial charge in [-0.2, -0.15) is 0 Å². The number of allylic oxidation sites excluding steroid dienone is 4. The first kappa shape index (κ1) is 18.1. The summed E-state index contributed by atoms with van der Waals surface area (Å²) in [5.41, 5.74) is 1.48. The monoisotopic (exact) mass is 328 g/mol. The van der Waals surface area contributed by atoms with E-state index in [9.17, 15) is 4.79 Å². The number of thioether (sulfide) groups is 1. The number of hydrogen-bond donors (Lipinski definition) is 0. The van der Waals surface area contributed by atoms with Crippen molar-refractivity contribution in [2.75, 3.05) is 0 Å². The Morgan fingerprint density at radius 2 is 1.87 bits per heavy atom. The van der Waals surface area contributed by atoms with Crippen LogP contribution in [0.2, 0.25) is 0 Å². The fourth-order valence-electron chi connectivity index (χ4n) is 2.70. The molecule has 1 nitrogen and oxygen atoms in total. The number of rotatable bonds is 2. The van der Waals surface area contributed by atoms with E-state index >= 15 is 0 Å². The van der Waals surface area contributed by atoms with E-state index in [2.05, 4.69) is 64.1 Å². The molecular weight excluding hydrogens is 300 g/mol. The number of ketones is 1. The Balaban J connectivity index is 2.22. The molecule has 0 spiro atoms. The lowest BCUT2D eigenvalue weighted by atomic mass is 9.87. The highest BCUT2D eigenvalue weighted by atomic mass is 32.2. The van der Waals surface area contributed by atoms with Crippen LogP contribution in [0, 0.1) is 11.3 Å². The molecule has 23 heavy (non-hydrogen) atoms. The van der Waals surface area contributed by atoms with Crippen LogP contribution in [0.1, 0.15) is 47.0 Å². The molecular formula is C21H28OS. The van der Waals surface area contributed by atoms with Crippen molar-refractivity contribution in [3.05, 3.63) is 54.1 Å². The zero-order valence-electron chi connectivity index (χ0n) is 14.7. The molecule has 1 unspecified atom stereocenters. The lowest BCUT2D eigenvalue weighted by Gasteiger charge is -2.22. The molecule has 0 radical (unpaired) electrons. The van der Waals surface area contributed by atoms with Crippen LogP contribution in [0.3, 0.4) is 0 Å². The molecule has 2 heteroatoms. The fourth-order valence-corrected chi connectivity index (χ4v) is 3.94. The maximum Gasteiger partial charge on any atom is 0.159 e. The minimum atomic E-state index is 0.0400. The summed E-state index contributed by atoms with van der Waals surface area (Å²) in [6.07, 6.45) is 9.35. The quantitative estimate of drug-likeness (QED) is 0.613. The van der Waals surface area contributed by atoms with Gasteiger partial charge in [0.15, 0.2) is 5.78 Å². The lowest BCUT2D eigenvalue weighted by molar-refractivity contribution is -0.117. The fraction of sp³-hybridized carbons (Fsp3) is 0.476. The van der Waals surface area contributed by atoms with Gasteiger partial charge >= 0.3 is 0 Å². The molecule has 2 atom stereocenters. The molecule has 0 bridgehead atoms. The summed E-state index contributed by atoms with van der Waals surface area (Å²) < 4.78 is 0. The summed E-state index contributed by atoms with van der Waals surface area (Å²) in [4.78, 5) is 13.8. The van der Waals surface area contributed by atoms with Crippen LogP contribution in [0.4, 0.5) is 0 Å². The summed E-state index contributed by atoms with van der Waals surface area (Å²) in [5.74, 6) is 0.296. The molecule has 1 aliphatic carbocycles. The number of hydrogen-bond acceptors (Lipinski definition) is 2. The van der Waals surface area contributed by atoms with Crippen molar-refractivity contribution in [2.24, 2.45) is 11.3 Å². The summed E-state index contributed by atoms with van der Waals surface area (Å²) >= 11 is 1.84. The van der Waals surface area contributed by atoms with Gasteiger partial charge in [-0.25, -0.2) is 0 Å². The van der Waals surface area contributed by atoms with Crippen LogP contribution < -0.4 is 0 Å². The van der Waals surface area contributed by atoms with E-state index in [1.807, 2.05) is 23.9 Å². The van der Waals surface area contributed by atoms with Crippen LogP contribution in [-0.4, -0.2) is 11.0 Å². The minimum Gasteiger partial charge on any atom is -0.295 e. The van der Waals surface area contributed by atoms with E-state index in [1.165, 1.54) is 10.5 Å². The van der Waals surface area contributed by atoms with Crippen LogP contribution in [0.15, 0.2) is 59.0 Å². The molecule has 1 aromatic carbocycles. The maximum atomic E-state index is 12.6. The average molecular weight is 329 g/mol. The van der Waals surface area contributed by atoms with Gasteiger partial charge in [-0.15, -0.1) is 11.8 Å². The van der Waals surface area contributed by atoms with Crippen molar-refractivity contribution in [2.45, 2.75) is 57.1 Å². The highest BCUT2D eigenvalue weighted by Gasteiger charge is 2.25. The molecule has 0 heterocycles. The smallest absolute Gasteiger partial charge is 0.159 e. The zero-order valence-corrected chi connectivity index (χ0v) is 15.5. The highest BCUT2D eigenvalue weighted by Crippen LogP contribution is 2.34. The molecule has 0 amide bonds. The first-order valence-electron chi connectivity index (χ1n) is 8.48. The Morgan fingerprint density at radius 3 is 2.57 bits per heavy atom. The molecule has 0 aromatic heterocycles. The molecule has 2 rings (SSSR count). The largest absolute Gasteiger partial charge is 0.295 e. The van der Waals surface area contributed by atoms with E-state index in [0.29, 0.717) is 5.25 Å². The Labute approximate surface area is 145 Å². The van der Waals surface area contributed by atoms with Gasteiger partial charge in [0.25, 0.3) is 0 Å². The SMILES string of the molecule is C/C1=C\CC(C)(C)/C=C/C(=O)[C@@H](C)C(Sc2ccccc2)CC1. The molecule has 1 aliphatic rings. The van der Waals surface area contributed by atoms with Gasteiger partial charge in [-0.1, -0.05) is 56.7 Å². The molecule has 0 aliphatic heterocycles. The van der Waals surface area contributed by atoms with Crippen molar-refractivity contribution in [1.29, 1.82) is 0 Å². The third kappa shape index (κ3) is 5.69. The lowest BCUT2D eigenvalue weighted by Crippen LogP contribution is -2.22. The second kappa shape index (κ2) is 8.01. The van der Waals surface area contributed by atoms with E-state index < -0.39 is 0 Å². The van der Waals surface area contributed by atoms with E-state index in [-0.39, 0.29) is 17.1 Å². The minimum absolute atomic E-state index is 0.0400. The van der Waals surface area contributed by atoms with Crippen molar-refractivity contribution in [3.63, 3.8) is 0 Å². The standard InChI is InChI=1S/C21H28OS/c1-16-10-11-20(23-18-8-6-5-7-9-18)17(2)19(22)13-15-21(3,4)14-12-16/h5-9,12-13,15,17,20H,10-11,14H2,1-4H3/b15-13+,16-12+/t17-,20?/m1/s1. The third-order valence-electron chi connectivity index (χ3n) is 4.54. The first-order chi connectivity index (χ1) is 10.9. The second-order valence-electron chi connectivity index (χ2n) is 7.28. The normalized spacial score (nSPS) is 29.2. The van der Waals surface area contributed by atoms with Gasteiger partial charge in [0, 0.05) is 16.1 Å².